The molecule has 0 bridgehead atoms. The van der Waals surface area contributed by atoms with Crippen LogP contribution in [-0.2, 0) is 12.8 Å². The maximum atomic E-state index is 10.5. The number of aromatic amines is 1. The number of imidazole rings is 1. The molecule has 1 aliphatic carbocycles. The quantitative estimate of drug-likeness (QED) is 0.912. The van der Waals surface area contributed by atoms with Gasteiger partial charge in [0, 0.05) is 12.2 Å². The minimum Gasteiger partial charge on any atom is -0.387 e. The van der Waals surface area contributed by atoms with Gasteiger partial charge in [-0.1, -0.05) is 30.3 Å². The smallest absolute Gasteiger partial charge is 0.124 e. The van der Waals surface area contributed by atoms with Crippen LogP contribution in [-0.4, -0.2) is 33.1 Å². The van der Waals surface area contributed by atoms with Crippen LogP contribution in [0.5, 0.6) is 0 Å². The first kappa shape index (κ1) is 14.9. The molecule has 1 aromatic heterocycles. The summed E-state index contributed by atoms with van der Waals surface area (Å²) in [5.41, 5.74) is 3.63. The molecule has 0 amide bonds. The molecule has 4 rings (SSSR count). The molecule has 2 aromatic rings. The fourth-order valence-corrected chi connectivity index (χ4v) is 3.99. The van der Waals surface area contributed by atoms with Crippen molar-refractivity contribution in [2.75, 3.05) is 13.1 Å². The van der Waals surface area contributed by atoms with Crippen molar-refractivity contribution in [1.29, 1.82) is 0 Å². The number of benzene rings is 1. The zero-order valence-electron chi connectivity index (χ0n) is 13.5. The number of hydrogen-bond acceptors (Lipinski definition) is 3. The zero-order chi connectivity index (χ0) is 15.6. The lowest BCUT2D eigenvalue weighted by Crippen LogP contribution is -2.29. The molecule has 1 aromatic carbocycles. The van der Waals surface area contributed by atoms with Gasteiger partial charge in [0.2, 0.25) is 0 Å². The lowest BCUT2D eigenvalue weighted by molar-refractivity contribution is 0.104. The number of fused-ring (bicyclic) bond motifs is 1. The highest BCUT2D eigenvalue weighted by atomic mass is 16.3. The van der Waals surface area contributed by atoms with Gasteiger partial charge in [0.1, 0.15) is 5.82 Å². The van der Waals surface area contributed by atoms with Crippen LogP contribution in [0.15, 0.2) is 30.3 Å². The molecule has 0 saturated carbocycles. The third-order valence-electron chi connectivity index (χ3n) is 5.24. The summed E-state index contributed by atoms with van der Waals surface area (Å²) in [5.74, 6) is 1.12. The van der Waals surface area contributed by atoms with Crippen molar-refractivity contribution in [2.45, 2.75) is 50.7 Å². The summed E-state index contributed by atoms with van der Waals surface area (Å²) in [6.45, 7) is 1.72. The number of aliphatic hydroxyl groups excluding tert-OH is 1. The lowest BCUT2D eigenvalue weighted by atomic mass is 10.0. The Morgan fingerprint density at radius 1 is 1.17 bits per heavy atom. The van der Waals surface area contributed by atoms with Gasteiger partial charge in [-0.05, 0) is 50.6 Å². The second-order valence-electron chi connectivity index (χ2n) is 6.83. The Hall–Kier alpha value is -1.65. The van der Waals surface area contributed by atoms with E-state index in [0.717, 1.165) is 37.2 Å². The van der Waals surface area contributed by atoms with Gasteiger partial charge >= 0.3 is 0 Å². The Kier molecular flexibility index (Phi) is 4.19. The fourth-order valence-electron chi connectivity index (χ4n) is 3.99. The monoisotopic (exact) mass is 311 g/mol. The Morgan fingerprint density at radius 3 is 2.83 bits per heavy atom. The average molecular weight is 311 g/mol. The van der Waals surface area contributed by atoms with E-state index in [-0.39, 0.29) is 0 Å². The van der Waals surface area contributed by atoms with Gasteiger partial charge in [0.25, 0.3) is 0 Å². The average Bonchev–Trinajstić information content (AvgIpc) is 3.21. The topological polar surface area (TPSA) is 52.1 Å². The SMILES string of the molecule is O[C@@H](CN1CCC[C@H]1c1nc2c([nH]1)CCCC2)c1ccccc1. The van der Waals surface area contributed by atoms with Gasteiger partial charge in [0.15, 0.2) is 0 Å². The maximum absolute atomic E-state index is 10.5. The van der Waals surface area contributed by atoms with Crippen molar-refractivity contribution in [3.05, 3.63) is 53.1 Å². The number of aromatic nitrogens is 2. The van der Waals surface area contributed by atoms with Crippen LogP contribution in [0, 0.1) is 0 Å². The molecular weight excluding hydrogens is 286 g/mol. The van der Waals surface area contributed by atoms with E-state index in [1.54, 1.807) is 0 Å². The minimum atomic E-state index is -0.429. The Morgan fingerprint density at radius 2 is 2.00 bits per heavy atom. The first-order valence-corrected chi connectivity index (χ1v) is 8.86. The van der Waals surface area contributed by atoms with Crippen molar-refractivity contribution < 1.29 is 5.11 Å². The van der Waals surface area contributed by atoms with Crippen molar-refractivity contribution in [1.82, 2.24) is 14.9 Å². The summed E-state index contributed by atoms with van der Waals surface area (Å²) in [5, 5.41) is 10.5. The molecule has 23 heavy (non-hydrogen) atoms. The molecule has 0 radical (unpaired) electrons. The predicted octanol–water partition coefficient (Wildman–Crippen LogP) is 3.16. The van der Waals surface area contributed by atoms with E-state index in [1.807, 2.05) is 30.3 Å². The molecule has 122 valence electrons. The molecule has 0 unspecified atom stereocenters. The van der Waals surface area contributed by atoms with E-state index in [4.69, 9.17) is 4.98 Å². The number of aliphatic hydroxyl groups is 1. The van der Waals surface area contributed by atoms with E-state index < -0.39 is 6.10 Å². The van der Waals surface area contributed by atoms with Gasteiger partial charge < -0.3 is 10.1 Å². The molecule has 2 N–H and O–H groups in total. The highest BCUT2D eigenvalue weighted by Gasteiger charge is 2.31. The van der Waals surface area contributed by atoms with Crippen LogP contribution in [0.1, 0.15) is 60.6 Å². The van der Waals surface area contributed by atoms with E-state index in [2.05, 4.69) is 9.88 Å². The van der Waals surface area contributed by atoms with Gasteiger partial charge in [-0.3, -0.25) is 4.90 Å². The van der Waals surface area contributed by atoms with Crippen LogP contribution in [0.25, 0.3) is 0 Å². The van der Waals surface area contributed by atoms with Gasteiger partial charge in [-0.25, -0.2) is 4.98 Å². The first-order valence-electron chi connectivity index (χ1n) is 8.86. The van der Waals surface area contributed by atoms with Gasteiger partial charge in [-0.2, -0.15) is 0 Å². The summed E-state index contributed by atoms with van der Waals surface area (Å²) in [6, 6.07) is 10.3. The normalized spacial score (nSPS) is 22.9. The van der Waals surface area contributed by atoms with Crippen molar-refractivity contribution in [3.63, 3.8) is 0 Å². The molecule has 2 atom stereocenters. The summed E-state index contributed by atoms with van der Waals surface area (Å²) in [7, 11) is 0. The molecule has 2 aliphatic rings. The van der Waals surface area contributed by atoms with E-state index >= 15 is 0 Å². The van der Waals surface area contributed by atoms with Crippen molar-refractivity contribution in [3.8, 4) is 0 Å². The standard InChI is InChI=1S/C19H25N3O/c23-18(14-7-2-1-3-8-14)13-22-12-6-11-17(22)19-20-15-9-4-5-10-16(15)21-19/h1-3,7-8,17-18,23H,4-6,9-13H2,(H,20,21)/t17-,18-/m0/s1. The van der Waals surface area contributed by atoms with Crippen LogP contribution in [0.3, 0.4) is 0 Å². The number of nitrogens with zero attached hydrogens (tertiary/aromatic N) is 2. The molecule has 1 saturated heterocycles. The van der Waals surface area contributed by atoms with Gasteiger partial charge in [-0.15, -0.1) is 0 Å². The number of likely N-dealkylation sites (tertiary alicyclic amines) is 1. The lowest BCUT2D eigenvalue weighted by Gasteiger charge is -2.25. The zero-order valence-corrected chi connectivity index (χ0v) is 13.5. The fraction of sp³-hybridized carbons (Fsp3) is 0.526. The van der Waals surface area contributed by atoms with Crippen molar-refractivity contribution in [2.24, 2.45) is 0 Å². The molecule has 0 spiro atoms. The van der Waals surface area contributed by atoms with E-state index in [1.165, 1.54) is 30.7 Å². The number of nitrogens with one attached hydrogen (secondary N) is 1. The number of rotatable bonds is 4. The molecule has 2 heterocycles. The number of aryl methyl sites for hydroxylation is 2. The Labute approximate surface area is 137 Å². The Balaban J connectivity index is 1.49. The summed E-state index contributed by atoms with van der Waals surface area (Å²) < 4.78 is 0. The van der Waals surface area contributed by atoms with Gasteiger partial charge in [0.05, 0.1) is 17.8 Å². The predicted molar refractivity (Wildman–Crippen MR) is 90.2 cm³/mol. The summed E-state index contributed by atoms with van der Waals surface area (Å²) in [6.07, 6.45) is 6.67. The first-order chi connectivity index (χ1) is 11.3. The van der Waals surface area contributed by atoms with E-state index in [9.17, 15) is 5.11 Å². The molecule has 1 aliphatic heterocycles. The molecule has 4 nitrogen and oxygen atoms in total. The highest BCUT2D eigenvalue weighted by molar-refractivity contribution is 5.20. The molecule has 1 fully saturated rings. The van der Waals surface area contributed by atoms with Crippen LogP contribution >= 0.6 is 0 Å². The third kappa shape index (κ3) is 3.06. The number of hydrogen-bond donors (Lipinski definition) is 2. The number of H-pyrrole nitrogens is 1. The summed E-state index contributed by atoms with van der Waals surface area (Å²) >= 11 is 0. The summed E-state index contributed by atoms with van der Waals surface area (Å²) in [4.78, 5) is 10.9. The number of β-amino-alcohol motifs (C(OH)–C–C–N with tert-alkyl or cyclic N) is 1. The van der Waals surface area contributed by atoms with Crippen LogP contribution < -0.4 is 0 Å². The van der Waals surface area contributed by atoms with Crippen LogP contribution in [0.2, 0.25) is 0 Å². The molecule has 4 heteroatoms. The largest absolute Gasteiger partial charge is 0.387 e. The maximum Gasteiger partial charge on any atom is 0.124 e. The second kappa shape index (κ2) is 6.46. The minimum absolute atomic E-state index is 0.332. The highest BCUT2D eigenvalue weighted by Crippen LogP contribution is 2.33. The Bertz CT molecular complexity index is 628. The van der Waals surface area contributed by atoms with Crippen LogP contribution in [0.4, 0.5) is 0 Å². The third-order valence-corrected chi connectivity index (χ3v) is 5.24. The second-order valence-corrected chi connectivity index (χ2v) is 6.83. The van der Waals surface area contributed by atoms with E-state index in [0.29, 0.717) is 12.6 Å². The van der Waals surface area contributed by atoms with Crippen molar-refractivity contribution >= 4 is 0 Å². The molecular formula is C19H25N3O.